The number of hydrogen-bond donors (Lipinski definition) is 1. The Hall–Kier alpha value is -1.77. The van der Waals surface area contributed by atoms with Gasteiger partial charge in [-0.3, -0.25) is 4.79 Å². The minimum Gasteiger partial charge on any atom is -0.309 e. The molecule has 0 unspecified atom stereocenters. The van der Waals surface area contributed by atoms with Gasteiger partial charge in [0.25, 0.3) is 5.56 Å². The second kappa shape index (κ2) is 6.19. The molecule has 5 rings (SSSR count). The SMILES string of the molecule is O=c1[nH]c(CSc2ncnc3sccc23)nc2sc3c(c12)CCCC3. The summed E-state index contributed by atoms with van der Waals surface area (Å²) >= 11 is 4.88. The molecule has 25 heavy (non-hydrogen) atoms. The van der Waals surface area contributed by atoms with Gasteiger partial charge < -0.3 is 4.98 Å². The number of H-pyrrole nitrogens is 1. The highest BCUT2D eigenvalue weighted by Gasteiger charge is 2.19. The van der Waals surface area contributed by atoms with Crippen LogP contribution in [0.1, 0.15) is 29.1 Å². The van der Waals surface area contributed by atoms with Crippen molar-refractivity contribution in [1.82, 2.24) is 19.9 Å². The number of aromatic amines is 1. The van der Waals surface area contributed by atoms with E-state index in [1.807, 2.05) is 11.4 Å². The molecule has 8 heteroatoms. The summed E-state index contributed by atoms with van der Waals surface area (Å²) in [5.74, 6) is 1.30. The summed E-state index contributed by atoms with van der Waals surface area (Å²) in [6.07, 6.45) is 6.06. The number of rotatable bonds is 3. The van der Waals surface area contributed by atoms with E-state index in [0.717, 1.165) is 38.3 Å². The first-order chi connectivity index (χ1) is 12.3. The smallest absolute Gasteiger partial charge is 0.259 e. The van der Waals surface area contributed by atoms with Gasteiger partial charge in [0.2, 0.25) is 0 Å². The maximum Gasteiger partial charge on any atom is 0.259 e. The van der Waals surface area contributed by atoms with Crippen LogP contribution >= 0.6 is 34.4 Å². The Morgan fingerprint density at radius 3 is 3.08 bits per heavy atom. The molecule has 4 aromatic rings. The van der Waals surface area contributed by atoms with Crippen molar-refractivity contribution in [3.8, 4) is 0 Å². The Labute approximate surface area is 155 Å². The summed E-state index contributed by atoms with van der Waals surface area (Å²) in [4.78, 5) is 32.2. The van der Waals surface area contributed by atoms with Crippen LogP contribution in [0.3, 0.4) is 0 Å². The van der Waals surface area contributed by atoms with E-state index in [2.05, 4.69) is 15.0 Å². The van der Waals surface area contributed by atoms with Gasteiger partial charge in [-0.15, -0.1) is 22.7 Å². The van der Waals surface area contributed by atoms with Gasteiger partial charge in [0.05, 0.1) is 11.1 Å². The van der Waals surface area contributed by atoms with Crippen LogP contribution in [-0.2, 0) is 18.6 Å². The zero-order valence-corrected chi connectivity index (χ0v) is 15.7. The minimum atomic E-state index is 0.00312. The van der Waals surface area contributed by atoms with Gasteiger partial charge in [0.15, 0.2) is 0 Å². The van der Waals surface area contributed by atoms with Gasteiger partial charge >= 0.3 is 0 Å². The number of hydrogen-bond acceptors (Lipinski definition) is 7. The lowest BCUT2D eigenvalue weighted by atomic mass is 9.97. The van der Waals surface area contributed by atoms with Gasteiger partial charge in [-0.05, 0) is 42.7 Å². The Morgan fingerprint density at radius 2 is 2.12 bits per heavy atom. The van der Waals surface area contributed by atoms with Gasteiger partial charge in [-0.25, -0.2) is 15.0 Å². The molecule has 5 nitrogen and oxygen atoms in total. The lowest BCUT2D eigenvalue weighted by Crippen LogP contribution is -2.12. The van der Waals surface area contributed by atoms with Crippen LogP contribution in [0.5, 0.6) is 0 Å². The molecule has 1 N–H and O–H groups in total. The highest BCUT2D eigenvalue weighted by atomic mass is 32.2. The Bertz CT molecular complexity index is 1140. The van der Waals surface area contributed by atoms with E-state index < -0.39 is 0 Å². The topological polar surface area (TPSA) is 71.5 Å². The van der Waals surface area contributed by atoms with Gasteiger partial charge in [0, 0.05) is 10.3 Å². The number of aromatic nitrogens is 4. The number of nitrogens with zero attached hydrogens (tertiary/aromatic N) is 3. The normalized spacial score (nSPS) is 14.2. The van der Waals surface area contributed by atoms with Crippen LogP contribution in [0, 0.1) is 0 Å². The second-order valence-corrected chi connectivity index (χ2v) is 8.95. The largest absolute Gasteiger partial charge is 0.309 e. The Balaban J connectivity index is 1.49. The van der Waals surface area contributed by atoms with Crippen LogP contribution in [-0.4, -0.2) is 19.9 Å². The molecular weight excluding hydrogens is 372 g/mol. The zero-order chi connectivity index (χ0) is 16.8. The molecule has 0 saturated heterocycles. The molecule has 0 atom stereocenters. The van der Waals surface area contributed by atoms with Crippen LogP contribution in [0.2, 0.25) is 0 Å². The van der Waals surface area contributed by atoms with Gasteiger partial charge in [0.1, 0.15) is 26.8 Å². The van der Waals surface area contributed by atoms with Crippen molar-refractivity contribution >= 4 is 54.9 Å². The number of fused-ring (bicyclic) bond motifs is 4. The average Bonchev–Trinajstić information content (AvgIpc) is 3.24. The van der Waals surface area contributed by atoms with Crippen molar-refractivity contribution in [3.05, 3.63) is 44.4 Å². The first-order valence-corrected chi connectivity index (χ1v) is 10.8. The van der Waals surface area contributed by atoms with Crippen LogP contribution < -0.4 is 5.56 Å². The van der Waals surface area contributed by atoms with E-state index in [4.69, 9.17) is 4.98 Å². The molecule has 1 aliphatic rings. The quantitative estimate of drug-likeness (QED) is 0.423. The lowest BCUT2D eigenvalue weighted by Gasteiger charge is -2.09. The summed E-state index contributed by atoms with van der Waals surface area (Å²) in [6, 6.07) is 2.04. The van der Waals surface area contributed by atoms with Crippen molar-refractivity contribution in [2.45, 2.75) is 36.5 Å². The first kappa shape index (κ1) is 15.5. The molecule has 0 aromatic carbocycles. The Kier molecular flexibility index (Phi) is 3.83. The first-order valence-electron chi connectivity index (χ1n) is 8.14. The molecule has 126 valence electrons. The molecule has 1 aliphatic carbocycles. The predicted octanol–water partition coefficient (Wildman–Crippen LogP) is 4.16. The molecule has 0 aliphatic heterocycles. The lowest BCUT2D eigenvalue weighted by molar-refractivity contribution is 0.700. The van der Waals surface area contributed by atoms with Gasteiger partial charge in [-0.2, -0.15) is 0 Å². The van der Waals surface area contributed by atoms with Crippen molar-refractivity contribution in [3.63, 3.8) is 0 Å². The van der Waals surface area contributed by atoms with E-state index in [0.29, 0.717) is 11.6 Å². The number of aryl methyl sites for hydroxylation is 2. The third-order valence-corrected chi connectivity index (χ3v) is 7.47. The molecule has 0 fully saturated rings. The highest BCUT2D eigenvalue weighted by Crippen LogP contribution is 2.34. The molecular formula is C17H14N4OS3. The van der Waals surface area contributed by atoms with Crippen LogP contribution in [0.15, 0.2) is 27.6 Å². The van der Waals surface area contributed by atoms with E-state index in [9.17, 15) is 4.79 Å². The third-order valence-electron chi connectivity index (χ3n) is 4.44. The average molecular weight is 387 g/mol. The van der Waals surface area contributed by atoms with E-state index >= 15 is 0 Å². The summed E-state index contributed by atoms with van der Waals surface area (Å²) in [7, 11) is 0. The molecule has 4 heterocycles. The van der Waals surface area contributed by atoms with Crippen molar-refractivity contribution in [1.29, 1.82) is 0 Å². The van der Waals surface area contributed by atoms with Crippen LogP contribution in [0.4, 0.5) is 0 Å². The maximum atomic E-state index is 12.6. The standard InChI is InChI=1S/C17H14N4OS3/c22-14-13-9-3-1-2-4-11(9)25-17(13)21-12(20-14)7-24-16-10-5-6-23-15(10)18-8-19-16/h5-6,8H,1-4,7H2,(H,20,21,22). The van der Waals surface area contributed by atoms with Crippen molar-refractivity contribution in [2.75, 3.05) is 0 Å². The molecule has 0 saturated carbocycles. The zero-order valence-electron chi connectivity index (χ0n) is 13.2. The number of thioether (sulfide) groups is 1. The van der Waals surface area contributed by atoms with Crippen molar-refractivity contribution in [2.24, 2.45) is 0 Å². The van der Waals surface area contributed by atoms with Crippen molar-refractivity contribution < 1.29 is 0 Å². The third kappa shape index (κ3) is 2.68. The fourth-order valence-corrected chi connectivity index (χ4v) is 6.23. The number of nitrogens with one attached hydrogen (secondary N) is 1. The summed E-state index contributed by atoms with van der Waals surface area (Å²) in [6.45, 7) is 0. The molecule has 0 radical (unpaired) electrons. The molecule has 4 aromatic heterocycles. The minimum absolute atomic E-state index is 0.00312. The number of thiophene rings is 2. The summed E-state index contributed by atoms with van der Waals surface area (Å²) in [5, 5.41) is 4.83. The van der Waals surface area contributed by atoms with E-state index in [1.54, 1.807) is 40.8 Å². The molecule has 0 bridgehead atoms. The maximum absolute atomic E-state index is 12.6. The van der Waals surface area contributed by atoms with Gasteiger partial charge in [-0.1, -0.05) is 11.8 Å². The summed E-state index contributed by atoms with van der Waals surface area (Å²) < 4.78 is 0. The molecule has 0 spiro atoms. The predicted molar refractivity (Wildman–Crippen MR) is 104 cm³/mol. The van der Waals surface area contributed by atoms with E-state index in [-0.39, 0.29) is 5.56 Å². The second-order valence-electron chi connectivity index (χ2n) is 6.01. The highest BCUT2D eigenvalue weighted by molar-refractivity contribution is 7.98. The van der Waals surface area contributed by atoms with Crippen LogP contribution in [0.25, 0.3) is 20.4 Å². The van der Waals surface area contributed by atoms with E-state index in [1.165, 1.54) is 23.3 Å². The fraction of sp³-hybridized carbons (Fsp3) is 0.294. The monoisotopic (exact) mass is 386 g/mol. The Morgan fingerprint density at radius 1 is 1.20 bits per heavy atom. The molecule has 0 amide bonds. The summed E-state index contributed by atoms with van der Waals surface area (Å²) in [5.41, 5.74) is 1.23. The fourth-order valence-electron chi connectivity index (χ4n) is 3.30.